The Morgan fingerprint density at radius 1 is 1.04 bits per heavy atom. The highest BCUT2D eigenvalue weighted by Gasteiger charge is 2.28. The molecule has 0 spiro atoms. The molecule has 0 saturated heterocycles. The molecule has 3 rings (SSSR count). The molecule has 7 heteroatoms. The third kappa shape index (κ3) is 4.08. The number of benzene rings is 1. The molecular formula is C18H22F2N2O3. The average Bonchev–Trinajstić information content (AvgIpc) is 2.56. The molecule has 136 valence electrons. The van der Waals surface area contributed by atoms with Crippen LogP contribution >= 0.6 is 0 Å². The summed E-state index contributed by atoms with van der Waals surface area (Å²) in [5.74, 6) is -2.32. The lowest BCUT2D eigenvalue weighted by molar-refractivity contribution is -0.142. The number of amides is 2. The van der Waals surface area contributed by atoms with Gasteiger partial charge in [0, 0.05) is 12.1 Å². The molecule has 0 bridgehead atoms. The third-order valence-corrected chi connectivity index (χ3v) is 5.21. The van der Waals surface area contributed by atoms with Gasteiger partial charge in [0.05, 0.1) is 12.0 Å². The zero-order valence-corrected chi connectivity index (χ0v) is 13.9. The number of carbonyl (C=O) groups is 2. The normalized spacial score (nSPS) is 25.8. The molecule has 0 radical (unpaired) electrons. The SMILES string of the molecule is O=C(NC1CCC(C(=O)O)CC1)N[C@@H]1CCCc2c(F)cc(F)cc21. The molecule has 1 aromatic carbocycles. The van der Waals surface area contributed by atoms with Crippen LogP contribution in [0.2, 0.25) is 0 Å². The Hall–Kier alpha value is -2.18. The Kier molecular flexibility index (Phi) is 5.20. The zero-order chi connectivity index (χ0) is 18.0. The Balaban J connectivity index is 1.59. The van der Waals surface area contributed by atoms with Crippen molar-refractivity contribution >= 4 is 12.0 Å². The van der Waals surface area contributed by atoms with Crippen LogP contribution in [0.3, 0.4) is 0 Å². The van der Waals surface area contributed by atoms with Crippen molar-refractivity contribution in [3.8, 4) is 0 Å². The van der Waals surface area contributed by atoms with Crippen molar-refractivity contribution in [2.24, 2.45) is 5.92 Å². The van der Waals surface area contributed by atoms with Gasteiger partial charge in [-0.2, -0.15) is 0 Å². The molecule has 3 N–H and O–H groups in total. The van der Waals surface area contributed by atoms with Crippen LogP contribution in [0.5, 0.6) is 0 Å². The van der Waals surface area contributed by atoms with Gasteiger partial charge in [0.15, 0.2) is 0 Å². The molecule has 0 heterocycles. The van der Waals surface area contributed by atoms with Crippen LogP contribution in [0.4, 0.5) is 13.6 Å². The summed E-state index contributed by atoms with van der Waals surface area (Å²) in [6.45, 7) is 0. The van der Waals surface area contributed by atoms with Gasteiger partial charge in [0.2, 0.25) is 0 Å². The first-order chi connectivity index (χ1) is 11.9. The summed E-state index contributed by atoms with van der Waals surface area (Å²) < 4.78 is 27.4. The quantitative estimate of drug-likeness (QED) is 0.781. The highest BCUT2D eigenvalue weighted by atomic mass is 19.1. The fraction of sp³-hybridized carbons (Fsp3) is 0.556. The number of hydrogen-bond donors (Lipinski definition) is 3. The maximum Gasteiger partial charge on any atom is 0.315 e. The fourth-order valence-electron chi connectivity index (χ4n) is 3.86. The summed E-state index contributed by atoms with van der Waals surface area (Å²) in [4.78, 5) is 23.2. The maximum atomic E-state index is 13.9. The first-order valence-corrected chi connectivity index (χ1v) is 8.71. The Bertz CT molecular complexity index is 673. The molecule has 0 aromatic heterocycles. The van der Waals surface area contributed by atoms with Gasteiger partial charge in [-0.25, -0.2) is 13.6 Å². The number of fused-ring (bicyclic) bond motifs is 1. The minimum Gasteiger partial charge on any atom is -0.481 e. The minimum absolute atomic E-state index is 0.0668. The van der Waals surface area contributed by atoms with Gasteiger partial charge in [0.25, 0.3) is 0 Å². The Labute approximate surface area is 144 Å². The average molecular weight is 352 g/mol. The predicted molar refractivity (Wildman–Crippen MR) is 87.1 cm³/mol. The van der Waals surface area contributed by atoms with Crippen molar-refractivity contribution in [1.29, 1.82) is 0 Å². The molecular weight excluding hydrogens is 330 g/mol. The van der Waals surface area contributed by atoms with Crippen LogP contribution in [0.1, 0.15) is 55.7 Å². The lowest BCUT2D eigenvalue weighted by atomic mass is 9.86. The molecule has 5 nitrogen and oxygen atoms in total. The lowest BCUT2D eigenvalue weighted by Gasteiger charge is -2.30. The van der Waals surface area contributed by atoms with E-state index < -0.39 is 23.6 Å². The molecule has 2 aliphatic carbocycles. The Morgan fingerprint density at radius 2 is 1.76 bits per heavy atom. The second-order valence-electron chi connectivity index (χ2n) is 6.90. The van der Waals surface area contributed by atoms with E-state index in [0.717, 1.165) is 12.5 Å². The van der Waals surface area contributed by atoms with Crippen molar-refractivity contribution < 1.29 is 23.5 Å². The summed E-state index contributed by atoms with van der Waals surface area (Å²) in [7, 11) is 0. The molecule has 2 aliphatic rings. The van der Waals surface area contributed by atoms with Crippen molar-refractivity contribution in [2.45, 2.75) is 57.0 Å². The standard InChI is InChI=1S/C18H22F2N2O3/c19-11-8-14-13(15(20)9-11)2-1-3-16(14)22-18(25)21-12-6-4-10(5-7-12)17(23)24/h8-10,12,16H,1-7H2,(H,23,24)(H2,21,22,25)/t10?,12?,16-/m1/s1. The van der Waals surface area contributed by atoms with Gasteiger partial charge in [-0.3, -0.25) is 4.79 Å². The van der Waals surface area contributed by atoms with E-state index in [0.29, 0.717) is 49.7 Å². The van der Waals surface area contributed by atoms with E-state index in [2.05, 4.69) is 10.6 Å². The number of nitrogens with one attached hydrogen (secondary N) is 2. The second-order valence-corrected chi connectivity index (χ2v) is 6.90. The van der Waals surface area contributed by atoms with E-state index in [1.54, 1.807) is 0 Å². The van der Waals surface area contributed by atoms with Crippen molar-refractivity contribution in [2.75, 3.05) is 0 Å². The van der Waals surface area contributed by atoms with E-state index >= 15 is 0 Å². The summed E-state index contributed by atoms with van der Waals surface area (Å²) in [6.07, 6.45) is 4.23. The van der Waals surface area contributed by atoms with Gasteiger partial charge in [-0.15, -0.1) is 0 Å². The largest absolute Gasteiger partial charge is 0.481 e. The van der Waals surface area contributed by atoms with Crippen LogP contribution in [-0.2, 0) is 11.2 Å². The van der Waals surface area contributed by atoms with Gasteiger partial charge >= 0.3 is 12.0 Å². The summed E-state index contributed by atoms with van der Waals surface area (Å²) in [5.41, 5.74) is 0.980. The first-order valence-electron chi connectivity index (χ1n) is 8.71. The number of carboxylic acids is 1. The van der Waals surface area contributed by atoms with E-state index in [9.17, 15) is 18.4 Å². The second kappa shape index (κ2) is 7.37. The van der Waals surface area contributed by atoms with E-state index in [4.69, 9.17) is 5.11 Å². The number of aliphatic carboxylic acids is 1. The Morgan fingerprint density at radius 3 is 2.44 bits per heavy atom. The van der Waals surface area contributed by atoms with Gasteiger partial charge in [-0.1, -0.05) is 0 Å². The minimum atomic E-state index is -0.786. The number of hydrogen-bond acceptors (Lipinski definition) is 2. The first kappa shape index (κ1) is 17.6. The smallest absolute Gasteiger partial charge is 0.315 e. The fourth-order valence-corrected chi connectivity index (χ4v) is 3.86. The highest BCUT2D eigenvalue weighted by molar-refractivity contribution is 5.75. The number of carboxylic acid groups (broad SMARTS) is 1. The van der Waals surface area contributed by atoms with Crippen molar-refractivity contribution in [3.05, 3.63) is 34.9 Å². The third-order valence-electron chi connectivity index (χ3n) is 5.21. The molecule has 1 aromatic rings. The monoisotopic (exact) mass is 352 g/mol. The lowest BCUT2D eigenvalue weighted by Crippen LogP contribution is -2.45. The van der Waals surface area contributed by atoms with E-state index in [1.807, 2.05) is 0 Å². The van der Waals surface area contributed by atoms with Gasteiger partial charge < -0.3 is 15.7 Å². The zero-order valence-electron chi connectivity index (χ0n) is 13.9. The summed E-state index contributed by atoms with van der Waals surface area (Å²) >= 11 is 0. The highest BCUT2D eigenvalue weighted by Crippen LogP contribution is 2.32. The predicted octanol–water partition coefficient (Wildman–Crippen LogP) is 3.28. The van der Waals surface area contributed by atoms with Crippen LogP contribution in [-0.4, -0.2) is 23.1 Å². The van der Waals surface area contributed by atoms with Crippen LogP contribution in [0.15, 0.2) is 12.1 Å². The molecule has 25 heavy (non-hydrogen) atoms. The van der Waals surface area contributed by atoms with Crippen LogP contribution in [0, 0.1) is 17.6 Å². The van der Waals surface area contributed by atoms with Gasteiger partial charge in [-0.05, 0) is 62.1 Å². The van der Waals surface area contributed by atoms with E-state index in [-0.39, 0.29) is 18.0 Å². The maximum absolute atomic E-state index is 13.9. The molecule has 1 atom stereocenters. The van der Waals surface area contributed by atoms with Crippen LogP contribution in [0.25, 0.3) is 0 Å². The molecule has 2 amide bonds. The molecule has 1 fully saturated rings. The van der Waals surface area contributed by atoms with Gasteiger partial charge in [0.1, 0.15) is 11.6 Å². The van der Waals surface area contributed by atoms with E-state index in [1.165, 1.54) is 6.07 Å². The molecule has 0 unspecified atom stereocenters. The number of rotatable bonds is 3. The number of urea groups is 1. The topological polar surface area (TPSA) is 78.4 Å². The molecule has 0 aliphatic heterocycles. The number of carbonyl (C=O) groups excluding carboxylic acids is 1. The van der Waals surface area contributed by atoms with Crippen molar-refractivity contribution in [3.63, 3.8) is 0 Å². The van der Waals surface area contributed by atoms with Crippen LogP contribution < -0.4 is 10.6 Å². The molecule has 1 saturated carbocycles. The van der Waals surface area contributed by atoms with Crippen molar-refractivity contribution in [1.82, 2.24) is 10.6 Å². The number of halogens is 2. The summed E-state index contributed by atoms with van der Waals surface area (Å²) in [5, 5.41) is 14.7. The summed E-state index contributed by atoms with van der Waals surface area (Å²) in [6, 6.07) is 1.32.